The summed E-state index contributed by atoms with van der Waals surface area (Å²) in [4.78, 5) is 0.361. The van der Waals surface area contributed by atoms with Crippen LogP contribution >= 0.6 is 0 Å². The summed E-state index contributed by atoms with van der Waals surface area (Å²) in [5.74, 6) is 0. The van der Waals surface area contributed by atoms with E-state index in [1.807, 2.05) is 19.1 Å². The molecule has 1 aliphatic rings. The van der Waals surface area contributed by atoms with Crippen LogP contribution in [0.25, 0.3) is 0 Å². The summed E-state index contributed by atoms with van der Waals surface area (Å²) >= 11 is 0. The fourth-order valence-electron chi connectivity index (χ4n) is 2.16. The van der Waals surface area contributed by atoms with Crippen LogP contribution in [0.1, 0.15) is 18.9 Å². The van der Waals surface area contributed by atoms with Gasteiger partial charge in [0.1, 0.15) is 0 Å². The standard InChI is InChI=1S/C14H22N2O3S/c1-2-15-12-13-4-6-14(7-5-13)20(17,18)16-8-3-10-19-11-9-16/h4-7,15H,2-3,8-12H2,1H3. The molecule has 1 N–H and O–H groups in total. The predicted molar refractivity (Wildman–Crippen MR) is 78.0 cm³/mol. The number of nitrogens with zero attached hydrogens (tertiary/aromatic N) is 1. The minimum absolute atomic E-state index is 0.361. The molecule has 0 saturated carbocycles. The molecule has 0 bridgehead atoms. The van der Waals surface area contributed by atoms with Crippen LogP contribution in [0.5, 0.6) is 0 Å². The Morgan fingerprint density at radius 1 is 1.20 bits per heavy atom. The first-order valence-corrected chi connectivity index (χ1v) is 8.46. The van der Waals surface area contributed by atoms with Gasteiger partial charge in [-0.05, 0) is 30.7 Å². The molecule has 112 valence electrons. The normalized spacial score (nSPS) is 17.9. The van der Waals surface area contributed by atoms with Crippen molar-refractivity contribution in [1.82, 2.24) is 9.62 Å². The van der Waals surface area contributed by atoms with E-state index in [0.717, 1.165) is 25.1 Å². The van der Waals surface area contributed by atoms with E-state index in [1.54, 1.807) is 12.1 Å². The molecule has 1 heterocycles. The van der Waals surface area contributed by atoms with Crippen molar-refractivity contribution < 1.29 is 13.2 Å². The van der Waals surface area contributed by atoms with E-state index in [9.17, 15) is 8.42 Å². The van der Waals surface area contributed by atoms with Crippen LogP contribution in [0, 0.1) is 0 Å². The highest BCUT2D eigenvalue weighted by atomic mass is 32.2. The lowest BCUT2D eigenvalue weighted by molar-refractivity contribution is 0.148. The Kier molecular flexibility index (Phi) is 5.54. The summed E-state index contributed by atoms with van der Waals surface area (Å²) in [6, 6.07) is 7.11. The van der Waals surface area contributed by atoms with Gasteiger partial charge in [0, 0.05) is 26.2 Å². The number of sulfonamides is 1. The monoisotopic (exact) mass is 298 g/mol. The van der Waals surface area contributed by atoms with Gasteiger partial charge >= 0.3 is 0 Å². The lowest BCUT2D eigenvalue weighted by Gasteiger charge is -2.19. The first-order valence-electron chi connectivity index (χ1n) is 7.02. The summed E-state index contributed by atoms with van der Waals surface area (Å²) in [5.41, 5.74) is 1.09. The third-order valence-electron chi connectivity index (χ3n) is 3.32. The van der Waals surface area contributed by atoms with E-state index < -0.39 is 10.0 Å². The quantitative estimate of drug-likeness (QED) is 0.887. The van der Waals surface area contributed by atoms with Crippen molar-refractivity contribution in [3.05, 3.63) is 29.8 Å². The second-order valence-corrected chi connectivity index (χ2v) is 6.73. The highest BCUT2D eigenvalue weighted by molar-refractivity contribution is 7.89. The van der Waals surface area contributed by atoms with Crippen LogP contribution in [0.3, 0.4) is 0 Å². The maximum atomic E-state index is 12.5. The average Bonchev–Trinajstić information content (AvgIpc) is 2.75. The third kappa shape index (κ3) is 3.79. The maximum absolute atomic E-state index is 12.5. The summed E-state index contributed by atoms with van der Waals surface area (Å²) in [6.45, 7) is 5.76. The smallest absolute Gasteiger partial charge is 0.243 e. The van der Waals surface area contributed by atoms with Gasteiger partial charge in [-0.1, -0.05) is 19.1 Å². The summed E-state index contributed by atoms with van der Waals surface area (Å²) < 4.78 is 31.9. The molecule has 0 atom stereocenters. The topological polar surface area (TPSA) is 58.6 Å². The molecule has 0 spiro atoms. The molecule has 1 saturated heterocycles. The number of hydrogen-bond acceptors (Lipinski definition) is 4. The van der Waals surface area contributed by atoms with Gasteiger partial charge in [0.2, 0.25) is 10.0 Å². The highest BCUT2D eigenvalue weighted by Gasteiger charge is 2.25. The van der Waals surface area contributed by atoms with Crippen molar-refractivity contribution >= 4 is 10.0 Å². The molecular weight excluding hydrogens is 276 g/mol. The average molecular weight is 298 g/mol. The Morgan fingerprint density at radius 3 is 2.65 bits per heavy atom. The Hall–Kier alpha value is -0.950. The van der Waals surface area contributed by atoms with Gasteiger partial charge in [0.15, 0.2) is 0 Å². The van der Waals surface area contributed by atoms with Gasteiger partial charge in [-0.3, -0.25) is 0 Å². The maximum Gasteiger partial charge on any atom is 0.243 e. The van der Waals surface area contributed by atoms with Crippen molar-refractivity contribution in [3.63, 3.8) is 0 Å². The molecule has 2 rings (SSSR count). The summed E-state index contributed by atoms with van der Waals surface area (Å²) in [6.07, 6.45) is 0.748. The number of benzene rings is 1. The molecule has 0 radical (unpaired) electrons. The van der Waals surface area contributed by atoms with Gasteiger partial charge in [-0.25, -0.2) is 8.42 Å². The summed E-state index contributed by atoms with van der Waals surface area (Å²) in [7, 11) is -3.39. The van der Waals surface area contributed by atoms with E-state index in [-0.39, 0.29) is 0 Å². The molecule has 1 fully saturated rings. The second-order valence-electron chi connectivity index (χ2n) is 4.79. The van der Waals surface area contributed by atoms with Crippen molar-refractivity contribution in [2.75, 3.05) is 32.8 Å². The molecule has 0 unspecified atom stereocenters. The molecule has 20 heavy (non-hydrogen) atoms. The first kappa shape index (κ1) is 15.4. The largest absolute Gasteiger partial charge is 0.380 e. The molecule has 0 aliphatic carbocycles. The first-order chi connectivity index (χ1) is 9.64. The second kappa shape index (κ2) is 7.17. The van der Waals surface area contributed by atoms with Gasteiger partial charge in [0.05, 0.1) is 11.5 Å². The fraction of sp³-hybridized carbons (Fsp3) is 0.571. The van der Waals surface area contributed by atoms with E-state index in [2.05, 4.69) is 5.32 Å². The SMILES string of the molecule is CCNCc1ccc(S(=O)(=O)N2CCCOCC2)cc1. The van der Waals surface area contributed by atoms with Crippen molar-refractivity contribution in [2.24, 2.45) is 0 Å². The number of hydrogen-bond donors (Lipinski definition) is 1. The zero-order chi connectivity index (χ0) is 14.4. The Balaban J connectivity index is 2.12. The van der Waals surface area contributed by atoms with Crippen LogP contribution in [0.2, 0.25) is 0 Å². The fourth-order valence-corrected chi connectivity index (χ4v) is 3.62. The minimum Gasteiger partial charge on any atom is -0.380 e. The molecule has 1 aromatic rings. The minimum atomic E-state index is -3.39. The van der Waals surface area contributed by atoms with Gasteiger partial charge in [-0.2, -0.15) is 4.31 Å². The zero-order valence-electron chi connectivity index (χ0n) is 11.8. The van der Waals surface area contributed by atoms with Crippen LogP contribution in [0.15, 0.2) is 29.2 Å². The van der Waals surface area contributed by atoms with Crippen molar-refractivity contribution in [2.45, 2.75) is 24.8 Å². The van der Waals surface area contributed by atoms with Gasteiger partial charge < -0.3 is 10.1 Å². The molecule has 5 nitrogen and oxygen atoms in total. The third-order valence-corrected chi connectivity index (χ3v) is 5.23. The molecule has 1 aliphatic heterocycles. The molecular formula is C14H22N2O3S. The Labute approximate surface area is 121 Å². The van der Waals surface area contributed by atoms with E-state index in [1.165, 1.54) is 4.31 Å². The van der Waals surface area contributed by atoms with E-state index >= 15 is 0 Å². The van der Waals surface area contributed by atoms with Crippen LogP contribution in [0.4, 0.5) is 0 Å². The van der Waals surface area contributed by atoms with Crippen LogP contribution in [-0.2, 0) is 21.3 Å². The van der Waals surface area contributed by atoms with E-state index in [0.29, 0.717) is 31.2 Å². The van der Waals surface area contributed by atoms with Crippen molar-refractivity contribution in [3.8, 4) is 0 Å². The van der Waals surface area contributed by atoms with E-state index in [4.69, 9.17) is 4.74 Å². The lowest BCUT2D eigenvalue weighted by Crippen LogP contribution is -2.33. The predicted octanol–water partition coefficient (Wildman–Crippen LogP) is 1.21. The van der Waals surface area contributed by atoms with Gasteiger partial charge in [-0.15, -0.1) is 0 Å². The Bertz CT molecular complexity index is 506. The molecule has 0 amide bonds. The zero-order valence-corrected chi connectivity index (χ0v) is 12.7. The number of rotatable bonds is 5. The highest BCUT2D eigenvalue weighted by Crippen LogP contribution is 2.17. The summed E-state index contributed by atoms with van der Waals surface area (Å²) in [5, 5.41) is 3.22. The lowest BCUT2D eigenvalue weighted by atomic mass is 10.2. The molecule has 0 aromatic heterocycles. The van der Waals surface area contributed by atoms with Crippen LogP contribution < -0.4 is 5.32 Å². The number of ether oxygens (including phenoxy) is 1. The van der Waals surface area contributed by atoms with Gasteiger partial charge in [0.25, 0.3) is 0 Å². The Morgan fingerprint density at radius 2 is 1.95 bits per heavy atom. The number of nitrogens with one attached hydrogen (secondary N) is 1. The van der Waals surface area contributed by atoms with Crippen LogP contribution in [-0.4, -0.2) is 45.6 Å². The molecule has 1 aromatic carbocycles. The molecule has 6 heteroatoms. The van der Waals surface area contributed by atoms with Crippen molar-refractivity contribution in [1.29, 1.82) is 0 Å².